The summed E-state index contributed by atoms with van der Waals surface area (Å²) in [5.41, 5.74) is 16.8. The van der Waals surface area contributed by atoms with Crippen LogP contribution in [0.15, 0.2) is 0 Å². The Bertz CT molecular complexity index is 2310. The van der Waals surface area contributed by atoms with Gasteiger partial charge in [-0.2, -0.15) is 15.8 Å². The number of fused-ring (bicyclic) bond motifs is 3. The largest absolute Gasteiger partial charge is 0.389 e. The molecule has 7 aliphatic rings. The van der Waals surface area contributed by atoms with Gasteiger partial charge in [0.25, 0.3) is 0 Å². The van der Waals surface area contributed by atoms with Gasteiger partial charge < -0.3 is 26.9 Å². The number of nitrogens with two attached hydrogens (primary N) is 2. The minimum absolute atomic E-state index is 0.00390. The standard InChI is InChI=1S/C19H22F4N2S.C14H16F2N2S.C8H9N3S.C5H6F2O/c20-18(21)5-12(6-18)3-11-1-2-16-14(4-11)15(9-24)17(26-16)25-10-13-7-19(22,23)8-13;15-14(16)5-9(6-14)3-8-1-2-12-10(4-8)11(7-17)13(18)19-12;9-3-5-6-4-11-2-1-7(6)12-8(5)10;6-5(7)1-4(2-5)3-8/h11-13,25H,1-8,10H2;8-9H,1-6,18H2;11H,1-2,4,10H2;3-4H,1-2H2. The Morgan fingerprint density at radius 1 is 0.600 bits per heavy atom. The third kappa shape index (κ3) is 12.0. The van der Waals surface area contributed by atoms with Gasteiger partial charge in [0, 0.05) is 91.6 Å². The van der Waals surface area contributed by atoms with Gasteiger partial charge >= 0.3 is 0 Å². The fourth-order valence-corrected chi connectivity index (χ4v) is 13.7. The lowest BCUT2D eigenvalue weighted by Gasteiger charge is -2.37. The van der Waals surface area contributed by atoms with E-state index in [0.717, 1.165) is 92.6 Å². The second-order valence-corrected chi connectivity index (χ2v) is 22.5. The zero-order valence-electron chi connectivity index (χ0n) is 35.8. The van der Waals surface area contributed by atoms with E-state index in [-0.39, 0.29) is 75.0 Å². The van der Waals surface area contributed by atoms with Crippen molar-refractivity contribution in [2.24, 2.45) is 35.5 Å². The lowest BCUT2D eigenvalue weighted by Crippen LogP contribution is -2.39. The van der Waals surface area contributed by atoms with Crippen molar-refractivity contribution in [3.63, 3.8) is 0 Å². The van der Waals surface area contributed by atoms with E-state index < -0.39 is 23.7 Å². The fourth-order valence-electron chi connectivity index (χ4n) is 10.4. The van der Waals surface area contributed by atoms with Crippen LogP contribution in [0, 0.1) is 69.5 Å². The lowest BCUT2D eigenvalue weighted by molar-refractivity contribution is -0.137. The number of rotatable bonds is 8. The maximum atomic E-state index is 13.0. The molecule has 1 aliphatic heterocycles. The highest BCUT2D eigenvalue weighted by atomic mass is 32.1. The van der Waals surface area contributed by atoms with E-state index in [1.807, 2.05) is 0 Å². The lowest BCUT2D eigenvalue weighted by atomic mass is 9.72. The molecule has 6 N–H and O–H groups in total. The molecule has 4 heterocycles. The first kappa shape index (κ1) is 49.0. The Kier molecular flexibility index (Phi) is 14.8. The monoisotopic (exact) mass is 967 g/mol. The van der Waals surface area contributed by atoms with Gasteiger partial charge in [0.1, 0.15) is 39.5 Å². The zero-order chi connectivity index (χ0) is 46.9. The summed E-state index contributed by atoms with van der Waals surface area (Å²) in [6.45, 7) is 2.27. The van der Waals surface area contributed by atoms with Gasteiger partial charge in [-0.05, 0) is 104 Å². The first-order chi connectivity index (χ1) is 30.7. The van der Waals surface area contributed by atoms with Gasteiger partial charge in [0.2, 0.25) is 23.7 Å². The summed E-state index contributed by atoms with van der Waals surface area (Å²) in [7, 11) is 0. The number of anilines is 3. The van der Waals surface area contributed by atoms with Crippen LogP contribution in [0.1, 0.15) is 125 Å². The van der Waals surface area contributed by atoms with Crippen molar-refractivity contribution in [1.82, 2.24) is 5.32 Å². The van der Waals surface area contributed by atoms with Crippen molar-refractivity contribution in [3.8, 4) is 18.2 Å². The number of nitrogens with one attached hydrogen (secondary N) is 2. The molecular formula is C46H53F8N7OS3. The molecule has 10 rings (SSSR count). The Labute approximate surface area is 385 Å². The van der Waals surface area contributed by atoms with Gasteiger partial charge in [0.15, 0.2) is 0 Å². The highest BCUT2D eigenvalue weighted by molar-refractivity contribution is 7.17. The maximum absolute atomic E-state index is 13.0. The van der Waals surface area contributed by atoms with E-state index >= 15 is 0 Å². The summed E-state index contributed by atoms with van der Waals surface area (Å²) in [5, 5.41) is 36.0. The minimum Gasteiger partial charge on any atom is -0.389 e. The van der Waals surface area contributed by atoms with Crippen LogP contribution >= 0.6 is 34.0 Å². The number of nitrogen functional groups attached to an aromatic ring is 2. The Morgan fingerprint density at radius 3 is 1.48 bits per heavy atom. The number of aldehydes is 1. The van der Waals surface area contributed by atoms with Gasteiger partial charge in [-0.25, -0.2) is 35.1 Å². The fraction of sp³-hybridized carbons (Fsp3) is 0.652. The summed E-state index contributed by atoms with van der Waals surface area (Å²) in [4.78, 5) is 13.4. The highest BCUT2D eigenvalue weighted by Gasteiger charge is 2.48. The van der Waals surface area contributed by atoms with Gasteiger partial charge in [0.05, 0.1) is 16.7 Å². The number of nitrogens with zero attached hydrogens (tertiary/aromatic N) is 3. The zero-order valence-corrected chi connectivity index (χ0v) is 38.3. The number of hydrogen-bond acceptors (Lipinski definition) is 11. The first-order valence-electron chi connectivity index (χ1n) is 22.3. The summed E-state index contributed by atoms with van der Waals surface area (Å²) in [5.74, 6) is -9.28. The molecule has 0 radical (unpaired) electrons. The quantitative estimate of drug-likeness (QED) is 0.128. The predicted octanol–water partition coefficient (Wildman–Crippen LogP) is 11.4. The number of halogens is 8. The van der Waals surface area contributed by atoms with Crippen LogP contribution in [0.5, 0.6) is 0 Å². The van der Waals surface area contributed by atoms with Crippen molar-refractivity contribution in [2.75, 3.05) is 29.9 Å². The Balaban J connectivity index is 0.000000141. The van der Waals surface area contributed by atoms with Crippen LogP contribution in [-0.4, -0.2) is 43.1 Å². The molecule has 2 atom stereocenters. The summed E-state index contributed by atoms with van der Waals surface area (Å²) in [6.07, 6.45) is 8.21. The molecule has 0 saturated heterocycles. The van der Waals surface area contributed by atoms with E-state index in [1.165, 1.54) is 26.0 Å². The first-order valence-corrected chi connectivity index (χ1v) is 24.7. The topological polar surface area (TPSA) is 165 Å². The Hall–Kier alpha value is -3.96. The molecule has 352 valence electrons. The number of nitriles is 3. The molecule has 3 aromatic rings. The molecule has 8 nitrogen and oxygen atoms in total. The van der Waals surface area contributed by atoms with Crippen molar-refractivity contribution in [3.05, 3.63) is 48.0 Å². The molecule has 2 unspecified atom stereocenters. The molecule has 4 saturated carbocycles. The molecule has 19 heteroatoms. The average molecular weight is 968 g/mol. The van der Waals surface area contributed by atoms with E-state index in [2.05, 4.69) is 28.8 Å². The molecule has 0 aromatic carbocycles. The van der Waals surface area contributed by atoms with Crippen LogP contribution in [-0.2, 0) is 43.4 Å². The molecule has 65 heavy (non-hydrogen) atoms. The third-order valence-corrected chi connectivity index (χ3v) is 17.3. The van der Waals surface area contributed by atoms with Crippen molar-refractivity contribution < 1.29 is 39.9 Å². The molecular weight excluding hydrogens is 915 g/mol. The second kappa shape index (κ2) is 19.7. The van der Waals surface area contributed by atoms with Crippen molar-refractivity contribution in [2.45, 2.75) is 139 Å². The van der Waals surface area contributed by atoms with E-state index in [4.69, 9.17) is 22.0 Å². The normalized spacial score (nSPS) is 24.4. The van der Waals surface area contributed by atoms with Crippen LogP contribution in [0.3, 0.4) is 0 Å². The average Bonchev–Trinajstić information content (AvgIpc) is 3.85. The van der Waals surface area contributed by atoms with Gasteiger partial charge in [-0.3, -0.25) is 0 Å². The van der Waals surface area contributed by atoms with E-state index in [1.54, 1.807) is 22.7 Å². The van der Waals surface area contributed by atoms with Gasteiger partial charge in [-0.1, -0.05) is 0 Å². The van der Waals surface area contributed by atoms with Crippen molar-refractivity contribution in [1.29, 1.82) is 15.8 Å². The number of thiophene rings is 3. The second-order valence-electron chi connectivity index (χ2n) is 19.1. The molecule has 0 spiro atoms. The van der Waals surface area contributed by atoms with E-state index in [0.29, 0.717) is 51.4 Å². The minimum atomic E-state index is -2.54. The number of carbonyl (C=O) groups excluding carboxylic acids is 1. The molecule has 3 aromatic heterocycles. The highest BCUT2D eigenvalue weighted by Crippen LogP contribution is 2.50. The molecule has 6 aliphatic carbocycles. The summed E-state index contributed by atoms with van der Waals surface area (Å²) in [6, 6.07) is 6.61. The number of aryl methyl sites for hydroxylation is 2. The SMILES string of the molecule is N#Cc1c(N)sc2c1CC(CC1CC(F)(F)C1)CC2.N#Cc1c(N)sc2c1CNCC2.N#Cc1c(NCC2CC(F)(F)C2)sc2c1CC(CC1CC(F)(F)C1)CC2.O=CC1CC(F)(F)C1. The molecule has 4 fully saturated rings. The van der Waals surface area contributed by atoms with Gasteiger partial charge in [-0.15, -0.1) is 34.0 Å². The maximum Gasteiger partial charge on any atom is 0.249 e. The van der Waals surface area contributed by atoms with Crippen LogP contribution in [0.2, 0.25) is 0 Å². The number of carbonyl (C=O) groups is 1. The van der Waals surface area contributed by atoms with E-state index in [9.17, 15) is 45.2 Å². The van der Waals surface area contributed by atoms with Crippen LogP contribution in [0.4, 0.5) is 50.1 Å². The smallest absolute Gasteiger partial charge is 0.249 e. The summed E-state index contributed by atoms with van der Waals surface area (Å²) < 4.78 is 101. The third-order valence-electron chi connectivity index (χ3n) is 13.8. The number of alkyl halides is 8. The summed E-state index contributed by atoms with van der Waals surface area (Å²) >= 11 is 4.64. The van der Waals surface area contributed by atoms with Crippen LogP contribution < -0.4 is 22.1 Å². The predicted molar refractivity (Wildman–Crippen MR) is 237 cm³/mol. The molecule has 0 amide bonds. The number of hydrogen-bond donors (Lipinski definition) is 4. The molecule has 0 bridgehead atoms. The van der Waals surface area contributed by atoms with Crippen molar-refractivity contribution >= 4 is 55.3 Å². The van der Waals surface area contributed by atoms with Crippen LogP contribution in [0.25, 0.3) is 0 Å². The Morgan fingerprint density at radius 2 is 1.03 bits per heavy atom.